The van der Waals surface area contributed by atoms with Gasteiger partial charge in [0.1, 0.15) is 0 Å². The van der Waals surface area contributed by atoms with E-state index < -0.39 is 5.97 Å². The van der Waals surface area contributed by atoms with Gasteiger partial charge in [-0.1, -0.05) is 24.3 Å². The summed E-state index contributed by atoms with van der Waals surface area (Å²) in [4.78, 5) is 22.2. The first-order chi connectivity index (χ1) is 8.18. The summed E-state index contributed by atoms with van der Waals surface area (Å²) in [5.41, 5.74) is -0.224. The predicted molar refractivity (Wildman–Crippen MR) is 62.8 cm³/mol. The smallest absolute Gasteiger partial charge is 0.328 e. The summed E-state index contributed by atoms with van der Waals surface area (Å²) in [5, 5.41) is 13.8. The number of hydrogen-bond donors (Lipinski definition) is 1. The number of carboxylic acids is 1. The van der Waals surface area contributed by atoms with Crippen LogP contribution >= 0.6 is 0 Å². The van der Waals surface area contributed by atoms with Crippen molar-refractivity contribution in [2.45, 2.75) is 6.54 Å². The van der Waals surface area contributed by atoms with E-state index in [9.17, 15) is 9.59 Å². The molecule has 0 amide bonds. The lowest BCUT2D eigenvalue weighted by Crippen LogP contribution is -2.22. The lowest BCUT2D eigenvalue weighted by molar-refractivity contribution is -0.131. The van der Waals surface area contributed by atoms with Crippen LogP contribution in [-0.4, -0.2) is 20.9 Å². The van der Waals surface area contributed by atoms with Gasteiger partial charge >= 0.3 is 5.97 Å². The molecule has 0 unspecified atom stereocenters. The van der Waals surface area contributed by atoms with Crippen LogP contribution in [0.25, 0.3) is 10.8 Å². The molecule has 5 nitrogen and oxygen atoms in total. The molecule has 1 heterocycles. The predicted octanol–water partition coefficient (Wildman–Crippen LogP) is 1.04. The van der Waals surface area contributed by atoms with E-state index in [2.05, 4.69) is 5.10 Å². The SMILES string of the molecule is O=C(O)/C=C/Cn1ncc2ccccc2c1=O. The van der Waals surface area contributed by atoms with E-state index >= 15 is 0 Å². The molecule has 1 N–H and O–H groups in total. The average Bonchev–Trinajstić information content (AvgIpc) is 2.32. The van der Waals surface area contributed by atoms with Crippen molar-refractivity contribution in [3.05, 3.63) is 53.0 Å². The zero-order valence-electron chi connectivity index (χ0n) is 8.91. The second-order valence-electron chi connectivity index (χ2n) is 3.46. The van der Waals surface area contributed by atoms with Crippen molar-refractivity contribution in [1.29, 1.82) is 0 Å². The number of nitrogens with zero attached hydrogens (tertiary/aromatic N) is 2. The van der Waals surface area contributed by atoms with Crippen LogP contribution in [0, 0.1) is 0 Å². The van der Waals surface area contributed by atoms with Crippen molar-refractivity contribution >= 4 is 16.7 Å². The van der Waals surface area contributed by atoms with E-state index in [-0.39, 0.29) is 12.1 Å². The lowest BCUT2D eigenvalue weighted by atomic mass is 10.2. The topological polar surface area (TPSA) is 72.2 Å². The Balaban J connectivity index is 2.40. The molecule has 5 heteroatoms. The maximum atomic E-state index is 11.9. The number of carboxylic acid groups (broad SMARTS) is 1. The normalized spacial score (nSPS) is 11.1. The molecule has 17 heavy (non-hydrogen) atoms. The van der Waals surface area contributed by atoms with Crippen LogP contribution in [-0.2, 0) is 11.3 Å². The molecule has 0 fully saturated rings. The average molecular weight is 230 g/mol. The Morgan fingerprint density at radius 1 is 1.41 bits per heavy atom. The van der Waals surface area contributed by atoms with Crippen LogP contribution in [0.1, 0.15) is 0 Å². The highest BCUT2D eigenvalue weighted by Crippen LogP contribution is 2.06. The lowest BCUT2D eigenvalue weighted by Gasteiger charge is -2.02. The number of aliphatic carboxylic acids is 1. The Hall–Kier alpha value is -2.43. The number of fused-ring (bicyclic) bond motifs is 1. The van der Waals surface area contributed by atoms with Crippen molar-refractivity contribution < 1.29 is 9.90 Å². The molecule has 0 atom stereocenters. The fraction of sp³-hybridized carbons (Fsp3) is 0.0833. The van der Waals surface area contributed by atoms with Crippen LogP contribution in [0.5, 0.6) is 0 Å². The Morgan fingerprint density at radius 2 is 2.18 bits per heavy atom. The molecule has 0 aliphatic rings. The Morgan fingerprint density at radius 3 is 2.94 bits per heavy atom. The third kappa shape index (κ3) is 2.39. The molecule has 1 aromatic heterocycles. The van der Waals surface area contributed by atoms with E-state index in [0.29, 0.717) is 5.39 Å². The van der Waals surface area contributed by atoms with E-state index in [1.807, 2.05) is 6.07 Å². The maximum Gasteiger partial charge on any atom is 0.328 e. The van der Waals surface area contributed by atoms with Crippen molar-refractivity contribution in [3.63, 3.8) is 0 Å². The minimum absolute atomic E-state index is 0.149. The van der Waals surface area contributed by atoms with E-state index in [4.69, 9.17) is 5.11 Å². The maximum absolute atomic E-state index is 11.9. The first-order valence-electron chi connectivity index (χ1n) is 5.03. The second-order valence-corrected chi connectivity index (χ2v) is 3.46. The van der Waals surface area contributed by atoms with Gasteiger partial charge in [0.15, 0.2) is 0 Å². The summed E-state index contributed by atoms with van der Waals surface area (Å²) in [6.07, 6.45) is 3.96. The minimum Gasteiger partial charge on any atom is -0.478 e. The standard InChI is InChI=1S/C12H10N2O3/c15-11(16)6-3-7-14-12(17)10-5-2-1-4-9(10)8-13-14/h1-6,8H,7H2,(H,15,16)/b6-3+. The van der Waals surface area contributed by atoms with Crippen LogP contribution in [0.3, 0.4) is 0 Å². The van der Waals surface area contributed by atoms with Gasteiger partial charge in [-0.3, -0.25) is 4.79 Å². The Bertz CT molecular complexity index is 643. The summed E-state index contributed by atoms with van der Waals surface area (Å²) < 4.78 is 1.22. The van der Waals surface area contributed by atoms with Gasteiger partial charge in [-0.2, -0.15) is 5.10 Å². The van der Waals surface area contributed by atoms with Crippen molar-refractivity contribution in [2.75, 3.05) is 0 Å². The molecule has 0 spiro atoms. The van der Waals surface area contributed by atoms with E-state index in [1.54, 1.807) is 24.4 Å². The molecule has 0 saturated heterocycles. The van der Waals surface area contributed by atoms with Gasteiger partial charge in [-0.05, 0) is 6.07 Å². The van der Waals surface area contributed by atoms with Crippen molar-refractivity contribution in [3.8, 4) is 0 Å². The second kappa shape index (κ2) is 4.61. The van der Waals surface area contributed by atoms with Gasteiger partial charge in [0.2, 0.25) is 0 Å². The first-order valence-corrected chi connectivity index (χ1v) is 5.03. The third-order valence-electron chi connectivity index (χ3n) is 2.30. The Labute approximate surface area is 96.6 Å². The fourth-order valence-corrected chi connectivity index (χ4v) is 1.51. The molecule has 0 bridgehead atoms. The third-order valence-corrected chi connectivity index (χ3v) is 2.30. The van der Waals surface area contributed by atoms with E-state index in [1.165, 1.54) is 10.8 Å². The highest BCUT2D eigenvalue weighted by molar-refractivity contribution is 5.80. The molecule has 0 radical (unpaired) electrons. The largest absolute Gasteiger partial charge is 0.478 e. The minimum atomic E-state index is -1.04. The van der Waals surface area contributed by atoms with Gasteiger partial charge in [0.25, 0.3) is 5.56 Å². The monoisotopic (exact) mass is 230 g/mol. The molecule has 1 aromatic carbocycles. The first kappa shape index (κ1) is 11.1. The highest BCUT2D eigenvalue weighted by atomic mass is 16.4. The van der Waals surface area contributed by atoms with Crippen LogP contribution < -0.4 is 5.56 Å². The van der Waals surface area contributed by atoms with Gasteiger partial charge < -0.3 is 5.11 Å². The zero-order chi connectivity index (χ0) is 12.3. The quantitative estimate of drug-likeness (QED) is 0.799. The zero-order valence-corrected chi connectivity index (χ0v) is 8.91. The molecule has 2 aromatic rings. The molecule has 0 aliphatic heterocycles. The van der Waals surface area contributed by atoms with Crippen LogP contribution in [0.15, 0.2) is 47.4 Å². The number of aromatic nitrogens is 2. The van der Waals surface area contributed by atoms with Gasteiger partial charge in [-0.15, -0.1) is 0 Å². The summed E-state index contributed by atoms with van der Waals surface area (Å²) in [6, 6.07) is 7.14. The number of allylic oxidation sites excluding steroid dienone is 1. The summed E-state index contributed by atoms with van der Waals surface area (Å²) in [6.45, 7) is 0.149. The molecule has 0 saturated carbocycles. The fourth-order valence-electron chi connectivity index (χ4n) is 1.51. The number of rotatable bonds is 3. The van der Waals surface area contributed by atoms with Crippen molar-refractivity contribution in [2.24, 2.45) is 0 Å². The van der Waals surface area contributed by atoms with Gasteiger partial charge in [-0.25, -0.2) is 9.48 Å². The molecular formula is C12H10N2O3. The molecule has 0 aliphatic carbocycles. The van der Waals surface area contributed by atoms with Gasteiger partial charge in [0, 0.05) is 11.5 Å². The Kier molecular flexibility index (Phi) is 3.00. The summed E-state index contributed by atoms with van der Waals surface area (Å²) in [7, 11) is 0. The van der Waals surface area contributed by atoms with Crippen molar-refractivity contribution in [1.82, 2.24) is 9.78 Å². The van der Waals surface area contributed by atoms with Crippen LogP contribution in [0.4, 0.5) is 0 Å². The van der Waals surface area contributed by atoms with E-state index in [0.717, 1.165) is 11.5 Å². The molecular weight excluding hydrogens is 220 g/mol. The van der Waals surface area contributed by atoms with Gasteiger partial charge in [0.05, 0.1) is 18.1 Å². The number of carbonyl (C=O) groups is 1. The molecule has 86 valence electrons. The number of benzene rings is 1. The molecule has 2 rings (SSSR count). The summed E-state index contributed by atoms with van der Waals surface area (Å²) >= 11 is 0. The number of hydrogen-bond acceptors (Lipinski definition) is 3. The highest BCUT2D eigenvalue weighted by Gasteiger charge is 2.01. The van der Waals surface area contributed by atoms with Crippen LogP contribution in [0.2, 0.25) is 0 Å². The summed E-state index contributed by atoms with van der Waals surface area (Å²) in [5.74, 6) is -1.04.